The Morgan fingerprint density at radius 2 is 0.913 bits per heavy atom. The summed E-state index contributed by atoms with van der Waals surface area (Å²) in [5, 5.41) is 0. The van der Waals surface area contributed by atoms with Gasteiger partial charge >= 0.3 is 0 Å². The van der Waals surface area contributed by atoms with Gasteiger partial charge in [0.25, 0.3) is 0 Å². The molecule has 0 aromatic heterocycles. The van der Waals surface area contributed by atoms with E-state index in [1.165, 1.54) is 102 Å². The second kappa shape index (κ2) is 19.2. The van der Waals surface area contributed by atoms with Crippen LogP contribution in [0.1, 0.15) is 102 Å². The Hall–Kier alpha value is 0.856. The number of rotatable bonds is 15. The average Bonchev–Trinajstić information content (AvgIpc) is 2.56. The fourth-order valence-corrected chi connectivity index (χ4v) is 3.17. The van der Waals surface area contributed by atoms with Gasteiger partial charge in [-0.15, -0.1) is 0 Å². The maximum absolute atomic E-state index is 2.29. The van der Waals surface area contributed by atoms with Gasteiger partial charge in [0, 0.05) is 51.4 Å². The van der Waals surface area contributed by atoms with Gasteiger partial charge in [-0.2, -0.15) is 0 Å². The van der Waals surface area contributed by atoms with E-state index in [1.54, 1.807) is 0 Å². The summed E-state index contributed by atoms with van der Waals surface area (Å²) in [6.45, 7) is 2.29. The number of hydrogen-bond donors (Lipinski definition) is 0. The van der Waals surface area contributed by atoms with Gasteiger partial charge in [0.15, 0.2) is 0 Å². The van der Waals surface area contributed by atoms with E-state index in [2.05, 4.69) is 37.3 Å². The molecule has 0 spiro atoms. The number of aryl methyl sites for hydroxylation is 1. The largest absolute Gasteiger partial charge is 0.0654 e. The molecule has 0 atom stereocenters. The quantitative estimate of drug-likeness (QED) is 0.231. The predicted molar refractivity (Wildman–Crippen MR) is 106 cm³/mol. The minimum Gasteiger partial charge on any atom is -0.0654 e. The van der Waals surface area contributed by atoms with Crippen molar-refractivity contribution in [2.24, 2.45) is 0 Å². The van der Waals surface area contributed by atoms with E-state index in [0.29, 0.717) is 0 Å². The van der Waals surface area contributed by atoms with Crippen LogP contribution in [0.3, 0.4) is 0 Å². The van der Waals surface area contributed by atoms with Gasteiger partial charge in [-0.1, -0.05) is 121 Å². The van der Waals surface area contributed by atoms with Crippen molar-refractivity contribution in [1.29, 1.82) is 0 Å². The third-order valence-electron chi connectivity index (χ3n) is 4.66. The fraction of sp³-hybridized carbons (Fsp3) is 0.727. The third-order valence-corrected chi connectivity index (χ3v) is 4.66. The molecule has 0 N–H and O–H groups in total. The van der Waals surface area contributed by atoms with Gasteiger partial charge in [0.05, 0.1) is 0 Å². The summed E-state index contributed by atoms with van der Waals surface area (Å²) in [6.07, 6.45) is 21.5. The van der Waals surface area contributed by atoms with E-state index in [0.717, 1.165) is 0 Å². The predicted octanol–water partition coefficient (Wildman–Crippen LogP) is 7.33. The fourth-order valence-electron chi connectivity index (χ4n) is 3.17. The van der Waals surface area contributed by atoms with E-state index < -0.39 is 0 Å². The number of benzene rings is 1. The second-order valence-corrected chi connectivity index (χ2v) is 6.83. The first kappa shape index (κ1) is 23.9. The van der Waals surface area contributed by atoms with E-state index in [-0.39, 0.29) is 51.4 Å². The molecule has 0 saturated carbocycles. The molecule has 0 heterocycles. The topological polar surface area (TPSA) is 0 Å². The molecule has 0 aliphatic heterocycles. The molecule has 1 radical (unpaired) electrons. The molecule has 23 heavy (non-hydrogen) atoms. The van der Waals surface area contributed by atoms with Gasteiger partial charge in [0.2, 0.25) is 0 Å². The SMILES string of the molecule is CCCCCCCCCCCCCCCCc1ccccc1.[K]. The van der Waals surface area contributed by atoms with Crippen LogP contribution in [0.2, 0.25) is 0 Å². The van der Waals surface area contributed by atoms with Crippen molar-refractivity contribution in [2.45, 2.75) is 103 Å². The molecule has 0 saturated heterocycles. The maximum atomic E-state index is 2.29. The summed E-state index contributed by atoms with van der Waals surface area (Å²) < 4.78 is 0. The molecule has 0 fully saturated rings. The first-order valence-electron chi connectivity index (χ1n) is 9.97. The summed E-state index contributed by atoms with van der Waals surface area (Å²) in [5.41, 5.74) is 1.50. The normalized spacial score (nSPS) is 10.5. The first-order valence-corrected chi connectivity index (χ1v) is 9.97. The van der Waals surface area contributed by atoms with Gasteiger partial charge in [-0.3, -0.25) is 0 Å². The molecule has 1 aromatic carbocycles. The van der Waals surface area contributed by atoms with Gasteiger partial charge in [-0.25, -0.2) is 0 Å². The minimum atomic E-state index is 0. The molecule has 0 amide bonds. The zero-order chi connectivity index (χ0) is 15.7. The summed E-state index contributed by atoms with van der Waals surface area (Å²) in [6, 6.07) is 10.9. The Bertz CT molecular complexity index is 320. The Morgan fingerprint density at radius 1 is 0.522 bits per heavy atom. The van der Waals surface area contributed by atoms with Crippen molar-refractivity contribution in [3.8, 4) is 0 Å². The average molecular weight is 342 g/mol. The number of hydrogen-bond acceptors (Lipinski definition) is 0. The second-order valence-electron chi connectivity index (χ2n) is 6.83. The van der Waals surface area contributed by atoms with Crippen LogP contribution in [0, 0.1) is 0 Å². The van der Waals surface area contributed by atoms with Crippen LogP contribution < -0.4 is 0 Å². The third kappa shape index (κ3) is 16.1. The van der Waals surface area contributed by atoms with Crippen LogP contribution in [-0.2, 0) is 6.42 Å². The van der Waals surface area contributed by atoms with Crippen molar-refractivity contribution in [3.63, 3.8) is 0 Å². The minimum absolute atomic E-state index is 0. The molecule has 0 nitrogen and oxygen atoms in total. The van der Waals surface area contributed by atoms with E-state index in [4.69, 9.17) is 0 Å². The molecule has 1 rings (SSSR count). The molecule has 0 aliphatic carbocycles. The zero-order valence-electron chi connectivity index (χ0n) is 16.0. The zero-order valence-corrected chi connectivity index (χ0v) is 19.1. The Kier molecular flexibility index (Phi) is 19.9. The van der Waals surface area contributed by atoms with Gasteiger partial charge in [0.1, 0.15) is 0 Å². The molecular weight excluding hydrogens is 303 g/mol. The van der Waals surface area contributed by atoms with E-state index >= 15 is 0 Å². The standard InChI is InChI=1S/C22H38.K/c1-2-3-4-5-6-7-8-9-10-11-12-13-14-16-19-22-20-17-15-18-21-22;/h15,17-18,20-21H,2-14,16,19H2,1H3;. The molecule has 1 aromatic rings. The van der Waals surface area contributed by atoms with Crippen LogP contribution >= 0.6 is 0 Å². The molecule has 127 valence electrons. The number of unbranched alkanes of at least 4 members (excludes halogenated alkanes) is 13. The van der Waals surface area contributed by atoms with Crippen molar-refractivity contribution in [1.82, 2.24) is 0 Å². The maximum Gasteiger partial charge on any atom is 0 e. The molecule has 0 aliphatic rings. The van der Waals surface area contributed by atoms with Crippen molar-refractivity contribution in [3.05, 3.63) is 35.9 Å². The summed E-state index contributed by atoms with van der Waals surface area (Å²) in [4.78, 5) is 0. The van der Waals surface area contributed by atoms with Gasteiger partial charge < -0.3 is 0 Å². The molecule has 0 unspecified atom stereocenters. The summed E-state index contributed by atoms with van der Waals surface area (Å²) in [7, 11) is 0. The molecular formula is C22H38K. The summed E-state index contributed by atoms with van der Waals surface area (Å²) in [5.74, 6) is 0. The van der Waals surface area contributed by atoms with Crippen LogP contribution in [-0.4, -0.2) is 51.4 Å². The van der Waals surface area contributed by atoms with Gasteiger partial charge in [-0.05, 0) is 18.4 Å². The molecule has 1 heteroatoms. The van der Waals surface area contributed by atoms with Crippen molar-refractivity contribution in [2.75, 3.05) is 0 Å². The van der Waals surface area contributed by atoms with Crippen molar-refractivity contribution >= 4 is 51.4 Å². The molecule has 0 bridgehead atoms. The smallest absolute Gasteiger partial charge is 0 e. The van der Waals surface area contributed by atoms with E-state index in [9.17, 15) is 0 Å². The Balaban J connectivity index is 0.00000484. The monoisotopic (exact) mass is 341 g/mol. The van der Waals surface area contributed by atoms with Crippen LogP contribution in [0.5, 0.6) is 0 Å². The van der Waals surface area contributed by atoms with Crippen molar-refractivity contribution < 1.29 is 0 Å². The van der Waals surface area contributed by atoms with E-state index in [1.807, 2.05) is 0 Å². The van der Waals surface area contributed by atoms with Crippen LogP contribution in [0.15, 0.2) is 30.3 Å². The van der Waals surface area contributed by atoms with Crippen LogP contribution in [0.25, 0.3) is 0 Å². The first-order chi connectivity index (χ1) is 10.9. The summed E-state index contributed by atoms with van der Waals surface area (Å²) >= 11 is 0. The van der Waals surface area contributed by atoms with Crippen LogP contribution in [0.4, 0.5) is 0 Å². The Labute approximate surface area is 188 Å². The Morgan fingerprint density at radius 3 is 1.35 bits per heavy atom.